The quantitative estimate of drug-likeness (QED) is 0.847. The van der Waals surface area contributed by atoms with Gasteiger partial charge in [-0.2, -0.15) is 0 Å². The van der Waals surface area contributed by atoms with Crippen molar-refractivity contribution in [1.29, 1.82) is 0 Å². The number of hydrogen-bond acceptors (Lipinski definition) is 5. The largest absolute Gasteiger partial charge is 0.497 e. The van der Waals surface area contributed by atoms with Crippen LogP contribution in [0.3, 0.4) is 0 Å². The van der Waals surface area contributed by atoms with Crippen LogP contribution in [-0.4, -0.2) is 52.1 Å². The molecule has 7 nitrogen and oxygen atoms in total. The first-order chi connectivity index (χ1) is 11.7. The zero-order valence-electron chi connectivity index (χ0n) is 13.6. The van der Waals surface area contributed by atoms with Crippen LogP contribution >= 0.6 is 0 Å². The van der Waals surface area contributed by atoms with E-state index in [0.29, 0.717) is 19.6 Å². The number of hydrogen-bond donors (Lipinski definition) is 0. The molecule has 0 saturated carbocycles. The van der Waals surface area contributed by atoms with Gasteiger partial charge in [0.15, 0.2) is 0 Å². The average molecular weight is 328 g/mol. The van der Waals surface area contributed by atoms with Crippen molar-refractivity contribution in [3.8, 4) is 5.75 Å². The van der Waals surface area contributed by atoms with E-state index in [1.54, 1.807) is 13.3 Å². The number of aromatic nitrogens is 3. The fourth-order valence-electron chi connectivity index (χ4n) is 3.44. The van der Waals surface area contributed by atoms with Crippen molar-refractivity contribution in [2.75, 3.05) is 20.2 Å². The number of carbonyl (C=O) groups is 1. The summed E-state index contributed by atoms with van der Waals surface area (Å²) in [5.41, 5.74) is 1.96. The second-order valence-corrected chi connectivity index (χ2v) is 6.24. The molecule has 3 heterocycles. The van der Waals surface area contributed by atoms with Gasteiger partial charge < -0.3 is 14.4 Å². The summed E-state index contributed by atoms with van der Waals surface area (Å²) in [6.45, 7) is 1.89. The molecule has 2 atom stereocenters. The maximum atomic E-state index is 12.7. The summed E-state index contributed by atoms with van der Waals surface area (Å²) in [6, 6.07) is 7.69. The van der Waals surface area contributed by atoms with Crippen molar-refractivity contribution in [3.63, 3.8) is 0 Å². The van der Waals surface area contributed by atoms with Gasteiger partial charge >= 0.3 is 0 Å². The van der Waals surface area contributed by atoms with Gasteiger partial charge in [-0.25, -0.2) is 4.68 Å². The highest BCUT2D eigenvalue weighted by atomic mass is 16.5. The number of benzene rings is 1. The molecule has 7 heteroatoms. The molecule has 0 radical (unpaired) electrons. The molecule has 0 aliphatic carbocycles. The highest BCUT2D eigenvalue weighted by Crippen LogP contribution is 2.30. The Kier molecular flexibility index (Phi) is 3.93. The molecule has 1 amide bonds. The molecule has 24 heavy (non-hydrogen) atoms. The highest BCUT2D eigenvalue weighted by Gasteiger charge is 2.37. The van der Waals surface area contributed by atoms with E-state index in [-0.39, 0.29) is 18.1 Å². The highest BCUT2D eigenvalue weighted by molar-refractivity contribution is 5.79. The van der Waals surface area contributed by atoms with Gasteiger partial charge in [0, 0.05) is 13.1 Å². The van der Waals surface area contributed by atoms with Gasteiger partial charge in [0.1, 0.15) is 5.75 Å². The maximum Gasteiger partial charge on any atom is 0.227 e. The lowest BCUT2D eigenvalue weighted by atomic mass is 9.99. The zero-order chi connectivity index (χ0) is 16.5. The van der Waals surface area contributed by atoms with Gasteiger partial charge in [0.2, 0.25) is 5.91 Å². The Morgan fingerprint density at radius 1 is 1.38 bits per heavy atom. The zero-order valence-corrected chi connectivity index (χ0v) is 13.6. The molecule has 1 aromatic heterocycles. The van der Waals surface area contributed by atoms with E-state index in [1.807, 2.05) is 33.8 Å². The smallest absolute Gasteiger partial charge is 0.227 e. The lowest BCUT2D eigenvalue weighted by Gasteiger charge is -2.41. The molecule has 0 spiro atoms. The molecule has 1 saturated heterocycles. The van der Waals surface area contributed by atoms with Crippen molar-refractivity contribution >= 4 is 5.91 Å². The minimum Gasteiger partial charge on any atom is -0.497 e. The average Bonchev–Trinajstić information content (AvgIpc) is 3.11. The number of nitrogens with zero attached hydrogens (tertiary/aromatic N) is 4. The molecular formula is C17H20N4O3. The van der Waals surface area contributed by atoms with E-state index >= 15 is 0 Å². The molecule has 2 aliphatic rings. The van der Waals surface area contributed by atoms with Crippen molar-refractivity contribution < 1.29 is 14.3 Å². The summed E-state index contributed by atoms with van der Waals surface area (Å²) in [4.78, 5) is 14.6. The van der Waals surface area contributed by atoms with Gasteiger partial charge in [-0.1, -0.05) is 17.3 Å². The van der Waals surface area contributed by atoms with E-state index in [4.69, 9.17) is 9.47 Å². The number of likely N-dealkylation sites (tertiary alicyclic amines) is 1. The van der Waals surface area contributed by atoms with E-state index in [0.717, 1.165) is 30.0 Å². The molecular weight excluding hydrogens is 308 g/mol. The Morgan fingerprint density at radius 2 is 2.21 bits per heavy atom. The monoisotopic (exact) mass is 328 g/mol. The maximum absolute atomic E-state index is 12.7. The minimum atomic E-state index is 0.0600. The van der Waals surface area contributed by atoms with Gasteiger partial charge in [-0.15, -0.1) is 5.10 Å². The van der Waals surface area contributed by atoms with E-state index in [1.165, 1.54) is 0 Å². The van der Waals surface area contributed by atoms with Crippen molar-refractivity contribution in [2.24, 2.45) is 0 Å². The Morgan fingerprint density at radius 3 is 3.00 bits per heavy atom. The summed E-state index contributed by atoms with van der Waals surface area (Å²) in [5.74, 6) is 0.927. The molecule has 0 unspecified atom stereocenters. The minimum absolute atomic E-state index is 0.0600. The molecule has 126 valence electrons. The molecule has 0 N–H and O–H groups in total. The predicted octanol–water partition coefficient (Wildman–Crippen LogP) is 1.20. The van der Waals surface area contributed by atoms with Crippen LogP contribution < -0.4 is 4.74 Å². The standard InChI is InChI=1S/C17H20N4O3/c1-23-14-4-2-12(3-5-14)8-17(22)20-7-6-16-15(10-20)21-13(11-24-16)9-18-19-21/h2-5,9,15-16H,6-8,10-11H2,1H3/t15-,16+/m0/s1. The number of ether oxygens (including phenoxy) is 2. The second-order valence-electron chi connectivity index (χ2n) is 6.24. The van der Waals surface area contributed by atoms with Crippen molar-refractivity contribution in [2.45, 2.75) is 31.6 Å². The molecule has 2 aliphatic heterocycles. The third kappa shape index (κ3) is 2.75. The summed E-state index contributed by atoms with van der Waals surface area (Å²) in [7, 11) is 1.63. The van der Waals surface area contributed by atoms with Crippen molar-refractivity contribution in [3.05, 3.63) is 41.7 Å². The Hall–Kier alpha value is -2.41. The summed E-state index contributed by atoms with van der Waals surface area (Å²) < 4.78 is 13.0. The van der Waals surface area contributed by atoms with Gasteiger partial charge in [-0.3, -0.25) is 4.79 Å². The fraction of sp³-hybridized carbons (Fsp3) is 0.471. The van der Waals surface area contributed by atoms with E-state index < -0.39 is 0 Å². The summed E-state index contributed by atoms with van der Waals surface area (Å²) >= 11 is 0. The molecule has 4 rings (SSSR count). The molecule has 1 aromatic carbocycles. The SMILES string of the molecule is COc1ccc(CC(=O)N2CC[C@H]3OCc4cnnn4[C@H]3C2)cc1. The van der Waals surface area contributed by atoms with E-state index in [2.05, 4.69) is 10.3 Å². The molecule has 0 bridgehead atoms. The van der Waals surface area contributed by atoms with Crippen LogP contribution in [0, 0.1) is 0 Å². The number of rotatable bonds is 3. The van der Waals surface area contributed by atoms with Crippen LogP contribution in [0.5, 0.6) is 5.75 Å². The van der Waals surface area contributed by atoms with Gasteiger partial charge in [0.05, 0.1) is 44.2 Å². The number of carbonyl (C=O) groups excluding carboxylic acids is 1. The van der Waals surface area contributed by atoms with Crippen LogP contribution in [0.1, 0.15) is 23.7 Å². The van der Waals surface area contributed by atoms with E-state index in [9.17, 15) is 4.79 Å². The first-order valence-electron chi connectivity index (χ1n) is 8.16. The topological polar surface area (TPSA) is 69.5 Å². The lowest BCUT2D eigenvalue weighted by molar-refractivity contribution is -0.137. The van der Waals surface area contributed by atoms with Crippen LogP contribution in [0.15, 0.2) is 30.5 Å². The Balaban J connectivity index is 1.44. The molecule has 1 fully saturated rings. The van der Waals surface area contributed by atoms with Crippen LogP contribution in [0.2, 0.25) is 0 Å². The number of methoxy groups -OCH3 is 1. The normalized spacial score (nSPS) is 22.6. The molecule has 2 aromatic rings. The third-order valence-corrected chi connectivity index (χ3v) is 4.80. The Bertz CT molecular complexity index is 728. The summed E-state index contributed by atoms with van der Waals surface area (Å²) in [6.07, 6.45) is 3.07. The second kappa shape index (κ2) is 6.24. The van der Waals surface area contributed by atoms with Gasteiger partial charge in [-0.05, 0) is 24.1 Å². The number of piperidine rings is 1. The number of fused-ring (bicyclic) bond motifs is 3. The third-order valence-electron chi connectivity index (χ3n) is 4.80. The first-order valence-corrected chi connectivity index (χ1v) is 8.16. The Labute approximate surface area is 140 Å². The van der Waals surface area contributed by atoms with Crippen molar-refractivity contribution in [1.82, 2.24) is 19.9 Å². The summed E-state index contributed by atoms with van der Waals surface area (Å²) in [5, 5.41) is 8.14. The van der Waals surface area contributed by atoms with Crippen LogP contribution in [-0.2, 0) is 22.6 Å². The van der Waals surface area contributed by atoms with Crippen LogP contribution in [0.4, 0.5) is 0 Å². The number of amides is 1. The fourth-order valence-corrected chi connectivity index (χ4v) is 3.44. The lowest BCUT2D eigenvalue weighted by Crippen LogP contribution is -2.50. The van der Waals surface area contributed by atoms with Crippen LogP contribution in [0.25, 0.3) is 0 Å². The predicted molar refractivity (Wildman–Crippen MR) is 85.5 cm³/mol. The van der Waals surface area contributed by atoms with Gasteiger partial charge in [0.25, 0.3) is 0 Å². The first kappa shape index (κ1) is 15.1.